The number of carbonyl (C=O) groups excluding carboxylic acids is 1. The third kappa shape index (κ3) is 2.82. The van der Waals surface area contributed by atoms with Crippen molar-refractivity contribution in [3.63, 3.8) is 0 Å². The number of hydrogen-bond donors (Lipinski definition) is 1. The minimum absolute atomic E-state index is 0.149. The summed E-state index contributed by atoms with van der Waals surface area (Å²) in [7, 11) is 0. The fourth-order valence-corrected chi connectivity index (χ4v) is 2.58. The highest BCUT2D eigenvalue weighted by molar-refractivity contribution is 7.10. The summed E-state index contributed by atoms with van der Waals surface area (Å²) in [6.07, 6.45) is 1.66. The number of nitrogens with one attached hydrogen (secondary N) is 1. The number of benzene rings is 1. The van der Waals surface area contributed by atoms with Gasteiger partial charge in [0.25, 0.3) is 0 Å². The molecule has 2 heterocycles. The number of anilines is 1. The van der Waals surface area contributed by atoms with Gasteiger partial charge in [-0.1, -0.05) is 17.7 Å². The number of thiophene rings is 1. The zero-order valence-electron chi connectivity index (χ0n) is 10.5. The first kappa shape index (κ1) is 13.8. The zero-order chi connectivity index (χ0) is 14.8. The summed E-state index contributed by atoms with van der Waals surface area (Å²) in [5.41, 5.74) is 2.65. The van der Waals surface area contributed by atoms with Crippen LogP contribution in [0, 0.1) is 5.21 Å². The van der Waals surface area contributed by atoms with Gasteiger partial charge in [-0.25, -0.2) is 9.79 Å². The van der Waals surface area contributed by atoms with Crippen LogP contribution in [-0.2, 0) is 9.53 Å². The summed E-state index contributed by atoms with van der Waals surface area (Å²) in [5.74, 6) is -0.374. The van der Waals surface area contributed by atoms with E-state index in [-0.39, 0.29) is 22.3 Å². The zero-order valence-corrected chi connectivity index (χ0v) is 12.1. The maximum absolute atomic E-state index is 11.8. The number of carbonyl (C=O) groups is 1. The molecule has 106 valence electrons. The van der Waals surface area contributed by atoms with Gasteiger partial charge in [0.15, 0.2) is 5.70 Å². The molecule has 3 rings (SSSR count). The molecule has 1 aromatic carbocycles. The van der Waals surface area contributed by atoms with Crippen molar-refractivity contribution in [2.24, 2.45) is 4.99 Å². The molecule has 0 bridgehead atoms. The molecule has 0 saturated heterocycles. The second kappa shape index (κ2) is 5.69. The molecule has 1 N–H and O–H groups in total. The average molecular weight is 320 g/mol. The van der Waals surface area contributed by atoms with Gasteiger partial charge >= 0.3 is 5.97 Å². The Morgan fingerprint density at radius 3 is 2.95 bits per heavy atom. The summed E-state index contributed by atoms with van der Waals surface area (Å²) in [5, 5.41) is 13.0. The molecule has 0 saturated carbocycles. The molecule has 0 spiro atoms. The Balaban J connectivity index is 1.95. The molecule has 0 fully saturated rings. The van der Waals surface area contributed by atoms with Crippen LogP contribution in [0.15, 0.2) is 46.4 Å². The Morgan fingerprint density at radius 2 is 2.24 bits per heavy atom. The molecule has 0 amide bonds. The number of halogens is 1. The summed E-state index contributed by atoms with van der Waals surface area (Å²) in [6.45, 7) is 0. The van der Waals surface area contributed by atoms with E-state index >= 15 is 0 Å². The Hall–Kier alpha value is -2.15. The predicted molar refractivity (Wildman–Crippen MR) is 83.4 cm³/mol. The Kier molecular flexibility index (Phi) is 3.74. The molecule has 0 aliphatic carbocycles. The molecule has 0 unspecified atom stereocenters. The second-order valence-electron chi connectivity index (χ2n) is 4.15. The highest BCUT2D eigenvalue weighted by atomic mass is 35.5. The third-order valence-corrected chi connectivity index (χ3v) is 3.91. The van der Waals surface area contributed by atoms with E-state index in [1.165, 1.54) is 23.5 Å². The van der Waals surface area contributed by atoms with Crippen molar-refractivity contribution in [1.29, 1.82) is 0 Å². The molecule has 21 heavy (non-hydrogen) atoms. The van der Waals surface area contributed by atoms with Gasteiger partial charge in [-0.15, -0.1) is 11.3 Å². The number of nitrogens with zero attached hydrogens (tertiary/aromatic N) is 1. The molecular formula is C14H8ClN2O3S-. The summed E-state index contributed by atoms with van der Waals surface area (Å²) in [4.78, 5) is 16.9. The van der Waals surface area contributed by atoms with Crippen LogP contribution in [0.2, 0.25) is 5.02 Å². The van der Waals surface area contributed by atoms with Crippen LogP contribution >= 0.6 is 22.9 Å². The van der Waals surface area contributed by atoms with Crippen LogP contribution in [0.5, 0.6) is 0 Å². The topological polar surface area (TPSA) is 73.8 Å². The van der Waals surface area contributed by atoms with E-state index in [4.69, 9.17) is 16.3 Å². The maximum Gasteiger partial charge on any atom is 0.363 e. The van der Waals surface area contributed by atoms with Gasteiger partial charge in [-0.05, 0) is 35.7 Å². The van der Waals surface area contributed by atoms with E-state index in [0.717, 1.165) is 4.88 Å². The molecule has 2 aromatic rings. The van der Waals surface area contributed by atoms with Crippen LogP contribution < -0.4 is 5.48 Å². The first-order valence-electron chi connectivity index (χ1n) is 5.91. The van der Waals surface area contributed by atoms with Crippen LogP contribution in [0.1, 0.15) is 10.4 Å². The SMILES string of the molecule is O=C1OC(c2ccc(Cl)c(N[O-])c2)=NC1=Cc1cccs1. The molecular weight excluding hydrogens is 312 g/mol. The van der Waals surface area contributed by atoms with E-state index in [9.17, 15) is 10.0 Å². The molecule has 1 aliphatic heterocycles. The van der Waals surface area contributed by atoms with E-state index in [0.29, 0.717) is 5.56 Å². The number of hydrogen-bond acceptors (Lipinski definition) is 6. The molecule has 1 aliphatic rings. The Morgan fingerprint density at radius 1 is 1.38 bits per heavy atom. The van der Waals surface area contributed by atoms with Crippen molar-refractivity contribution in [2.75, 3.05) is 5.48 Å². The Bertz CT molecular complexity index is 754. The smallest absolute Gasteiger partial charge is 0.363 e. The lowest BCUT2D eigenvalue weighted by atomic mass is 10.2. The van der Waals surface area contributed by atoms with Gasteiger partial charge in [-0.2, -0.15) is 0 Å². The Labute approximate surface area is 129 Å². The summed E-state index contributed by atoms with van der Waals surface area (Å²) >= 11 is 7.33. The number of esters is 1. The first-order valence-corrected chi connectivity index (χ1v) is 7.17. The summed E-state index contributed by atoms with van der Waals surface area (Å²) in [6, 6.07) is 8.40. The predicted octanol–water partition coefficient (Wildman–Crippen LogP) is 3.66. The van der Waals surface area contributed by atoms with Crippen molar-refractivity contribution in [3.8, 4) is 0 Å². The van der Waals surface area contributed by atoms with Crippen LogP contribution in [0.4, 0.5) is 5.69 Å². The quantitative estimate of drug-likeness (QED) is 0.532. The van der Waals surface area contributed by atoms with E-state index in [1.54, 1.807) is 17.6 Å². The van der Waals surface area contributed by atoms with Crippen molar-refractivity contribution in [2.45, 2.75) is 0 Å². The number of rotatable bonds is 3. The number of aliphatic imine (C=N–C) groups is 1. The van der Waals surface area contributed by atoms with Crippen molar-refractivity contribution in [1.82, 2.24) is 0 Å². The largest absolute Gasteiger partial charge is 0.761 e. The van der Waals surface area contributed by atoms with Crippen molar-refractivity contribution >= 4 is 46.6 Å². The lowest BCUT2D eigenvalue weighted by molar-refractivity contribution is -0.129. The minimum Gasteiger partial charge on any atom is -0.761 e. The lowest BCUT2D eigenvalue weighted by Gasteiger charge is -2.12. The first-order chi connectivity index (χ1) is 10.2. The highest BCUT2D eigenvalue weighted by Crippen LogP contribution is 2.26. The molecule has 0 radical (unpaired) electrons. The van der Waals surface area contributed by atoms with Crippen molar-refractivity contribution < 1.29 is 9.53 Å². The van der Waals surface area contributed by atoms with Crippen molar-refractivity contribution in [3.05, 3.63) is 62.1 Å². The maximum atomic E-state index is 11.8. The normalized spacial score (nSPS) is 16.0. The fourth-order valence-electron chi connectivity index (χ4n) is 1.78. The standard InChI is InChI=1S/C14H8ClN2O3S/c15-10-4-3-8(6-11(10)17-19)13-16-12(14(18)20-13)7-9-2-1-5-21-9/h1-7,17H/q-1. The monoisotopic (exact) mass is 319 g/mol. The van der Waals surface area contributed by atoms with Gasteiger partial charge < -0.3 is 15.4 Å². The van der Waals surface area contributed by atoms with Gasteiger partial charge in [0.1, 0.15) is 0 Å². The van der Waals surface area contributed by atoms with Crippen LogP contribution in [0.3, 0.4) is 0 Å². The lowest BCUT2D eigenvalue weighted by Crippen LogP contribution is -2.05. The molecule has 0 atom stereocenters. The number of ether oxygens (including phenoxy) is 1. The highest BCUT2D eigenvalue weighted by Gasteiger charge is 2.24. The van der Waals surface area contributed by atoms with E-state index in [1.807, 2.05) is 17.5 Å². The third-order valence-electron chi connectivity index (χ3n) is 2.77. The summed E-state index contributed by atoms with van der Waals surface area (Å²) < 4.78 is 5.12. The van der Waals surface area contributed by atoms with Gasteiger partial charge in [-0.3, -0.25) is 0 Å². The van der Waals surface area contributed by atoms with Gasteiger partial charge in [0.2, 0.25) is 5.90 Å². The minimum atomic E-state index is -0.523. The van der Waals surface area contributed by atoms with Gasteiger partial charge in [0, 0.05) is 16.1 Å². The van der Waals surface area contributed by atoms with Gasteiger partial charge in [0.05, 0.1) is 5.02 Å². The fraction of sp³-hybridized carbons (Fsp3) is 0. The van der Waals surface area contributed by atoms with Crippen LogP contribution in [-0.4, -0.2) is 11.9 Å². The average Bonchev–Trinajstić information content (AvgIpc) is 3.11. The van der Waals surface area contributed by atoms with Crippen LogP contribution in [0.25, 0.3) is 6.08 Å². The molecule has 7 heteroatoms. The molecule has 1 aromatic heterocycles. The van der Waals surface area contributed by atoms with E-state index in [2.05, 4.69) is 4.99 Å². The number of cyclic esters (lactones) is 1. The van der Waals surface area contributed by atoms with E-state index < -0.39 is 5.97 Å². The molecule has 5 nitrogen and oxygen atoms in total. The second-order valence-corrected chi connectivity index (χ2v) is 5.53.